The van der Waals surface area contributed by atoms with Crippen LogP contribution >= 0.6 is 11.6 Å². The van der Waals surface area contributed by atoms with E-state index in [2.05, 4.69) is 0 Å². The van der Waals surface area contributed by atoms with E-state index in [9.17, 15) is 10.0 Å². The van der Waals surface area contributed by atoms with E-state index >= 15 is 0 Å². The average molecular weight is 132 g/mol. The molecule has 0 unspecified atom stereocenters. The van der Waals surface area contributed by atoms with Gasteiger partial charge in [-0.2, -0.15) is 4.74 Å². The van der Waals surface area contributed by atoms with E-state index < -0.39 is 5.78 Å². The van der Waals surface area contributed by atoms with Crippen LogP contribution < -0.4 is 0 Å². The molecule has 1 aliphatic heterocycles. The number of carbonyl (C=O) groups excluding carboxylic acids is 1. The van der Waals surface area contributed by atoms with Gasteiger partial charge in [-0.15, -0.1) is 0 Å². The van der Waals surface area contributed by atoms with Crippen molar-refractivity contribution in [2.75, 3.05) is 0 Å². The molecule has 42 valence electrons. The number of hydrogen-bond acceptors (Lipinski definition) is 2. The van der Waals surface area contributed by atoms with Crippen molar-refractivity contribution >= 4 is 22.6 Å². The smallest absolute Gasteiger partial charge is 0.334 e. The Bertz CT molecular complexity index is 190. The molecule has 0 spiro atoms. The molecule has 0 aromatic heterocycles. The first-order valence-electron chi connectivity index (χ1n) is 1.93. The molecule has 0 saturated carbocycles. The Morgan fingerprint density at radius 2 is 2.38 bits per heavy atom. The summed E-state index contributed by atoms with van der Waals surface area (Å²) in [4.78, 5) is 10.3. The van der Waals surface area contributed by atoms with Gasteiger partial charge in [-0.1, -0.05) is 0 Å². The van der Waals surface area contributed by atoms with Gasteiger partial charge in [0, 0.05) is 0 Å². The van der Waals surface area contributed by atoms with Crippen molar-refractivity contribution in [1.82, 2.24) is 0 Å². The Morgan fingerprint density at radius 3 is 2.50 bits per heavy atom. The summed E-state index contributed by atoms with van der Waals surface area (Å²) in [7, 11) is 0. The predicted octanol–water partition coefficient (Wildman–Crippen LogP) is 0.230. The van der Waals surface area contributed by atoms with E-state index in [4.69, 9.17) is 11.6 Å². The molecular weight excluding hydrogens is 130 g/mol. The summed E-state index contributed by atoms with van der Waals surface area (Å²) in [6, 6.07) is 0. The van der Waals surface area contributed by atoms with Crippen LogP contribution in [0.4, 0.5) is 0 Å². The Hall–Kier alpha value is -0.830. The minimum atomic E-state index is -0.429. The predicted molar refractivity (Wildman–Crippen MR) is 28.6 cm³/mol. The largest absolute Gasteiger partial charge is 0.618 e. The van der Waals surface area contributed by atoms with E-state index in [-0.39, 0.29) is 5.17 Å². The monoisotopic (exact) mass is 131 g/mol. The summed E-state index contributed by atoms with van der Waals surface area (Å²) in [6.45, 7) is 0. The highest BCUT2D eigenvalue weighted by Gasteiger charge is 2.19. The molecule has 0 radical (unpaired) electrons. The molecule has 0 amide bonds. The van der Waals surface area contributed by atoms with Gasteiger partial charge in [-0.25, -0.2) is 0 Å². The third-order valence-corrected chi connectivity index (χ3v) is 1.11. The lowest BCUT2D eigenvalue weighted by Crippen LogP contribution is -2.05. The number of nitrogens with zero attached hydrogens (tertiary/aromatic N) is 1. The zero-order chi connectivity index (χ0) is 6.15. The minimum absolute atomic E-state index is 0.287. The molecule has 3 nitrogen and oxygen atoms in total. The number of rotatable bonds is 0. The number of ketones is 1. The molecule has 0 saturated heterocycles. The molecule has 8 heavy (non-hydrogen) atoms. The topological polar surface area (TPSA) is 43.1 Å². The molecule has 1 rings (SSSR count). The number of hydroxylamine groups is 1. The molecule has 1 aliphatic rings. The van der Waals surface area contributed by atoms with Crippen molar-refractivity contribution in [1.29, 1.82) is 0 Å². The second-order valence-electron chi connectivity index (χ2n) is 1.30. The fraction of sp³-hybridized carbons (Fsp3) is 0. The maximum absolute atomic E-state index is 10.3. The van der Waals surface area contributed by atoms with Gasteiger partial charge in [-0.3, -0.25) is 4.79 Å². The number of hydrogen-bond donors (Lipinski definition) is 0. The van der Waals surface area contributed by atoms with Crippen LogP contribution in [0.3, 0.4) is 0 Å². The summed E-state index contributed by atoms with van der Waals surface area (Å²) in [5.41, 5.74) is 0. The molecule has 0 N–H and O–H groups in total. The average Bonchev–Trinajstić information content (AvgIpc) is 1.98. The first kappa shape index (κ1) is 5.31. The highest BCUT2D eigenvalue weighted by molar-refractivity contribution is 6.83. The number of allylic oxidation sites excluding steroid dienone is 1. The minimum Gasteiger partial charge on any atom is -0.618 e. The maximum atomic E-state index is 10.3. The zero-order valence-corrected chi connectivity index (χ0v) is 4.55. The number of halogens is 1. The fourth-order valence-electron chi connectivity index (χ4n) is 0.378. The quantitative estimate of drug-likeness (QED) is 0.349. The van der Waals surface area contributed by atoms with Crippen molar-refractivity contribution < 1.29 is 9.53 Å². The SMILES string of the molecule is O=C1C=C[N+]([O-])=C1Cl. The van der Waals surface area contributed by atoms with E-state index in [0.717, 1.165) is 12.3 Å². The van der Waals surface area contributed by atoms with Crippen LogP contribution in [0.5, 0.6) is 0 Å². The van der Waals surface area contributed by atoms with E-state index in [1.54, 1.807) is 0 Å². The lowest BCUT2D eigenvalue weighted by Gasteiger charge is -1.88. The summed E-state index contributed by atoms with van der Waals surface area (Å²) in [5.74, 6) is -0.429. The van der Waals surface area contributed by atoms with Crippen LogP contribution in [0, 0.1) is 5.21 Å². The van der Waals surface area contributed by atoms with Gasteiger partial charge in [0.2, 0.25) is 0 Å². The van der Waals surface area contributed by atoms with Gasteiger partial charge in [0.05, 0.1) is 6.08 Å². The second kappa shape index (κ2) is 1.59. The maximum Gasteiger partial charge on any atom is 0.334 e. The van der Waals surface area contributed by atoms with Crippen molar-refractivity contribution in [2.45, 2.75) is 0 Å². The van der Waals surface area contributed by atoms with E-state index in [0.29, 0.717) is 4.74 Å². The molecule has 0 aliphatic carbocycles. The Labute approximate surface area is 50.5 Å². The van der Waals surface area contributed by atoms with Crippen LogP contribution in [0.2, 0.25) is 0 Å². The summed E-state index contributed by atoms with van der Waals surface area (Å²) >= 11 is 5.13. The molecular formula is C4H2ClNO2. The highest BCUT2D eigenvalue weighted by Crippen LogP contribution is 1.97. The Morgan fingerprint density at radius 1 is 1.75 bits per heavy atom. The van der Waals surface area contributed by atoms with Crippen LogP contribution in [0.25, 0.3) is 0 Å². The molecule has 0 fully saturated rings. The lowest BCUT2D eigenvalue weighted by molar-refractivity contribution is -0.371. The molecule has 0 bridgehead atoms. The molecule has 0 aromatic rings. The van der Waals surface area contributed by atoms with Crippen LogP contribution in [0.15, 0.2) is 12.3 Å². The van der Waals surface area contributed by atoms with Gasteiger partial charge in [0.15, 0.2) is 6.20 Å². The van der Waals surface area contributed by atoms with Crippen LogP contribution in [-0.2, 0) is 4.79 Å². The molecule has 0 aromatic carbocycles. The molecule has 1 heterocycles. The third-order valence-electron chi connectivity index (χ3n) is 0.758. The molecule has 4 heteroatoms. The third kappa shape index (κ3) is 0.607. The van der Waals surface area contributed by atoms with E-state index in [1.807, 2.05) is 0 Å². The van der Waals surface area contributed by atoms with Crippen molar-refractivity contribution in [3.8, 4) is 0 Å². The normalized spacial score (nSPS) is 18.4. The lowest BCUT2D eigenvalue weighted by atomic mass is 10.5. The Kier molecular flexibility index (Phi) is 1.06. The van der Waals surface area contributed by atoms with Crippen molar-refractivity contribution in [3.63, 3.8) is 0 Å². The van der Waals surface area contributed by atoms with E-state index in [1.165, 1.54) is 0 Å². The fourth-order valence-corrected chi connectivity index (χ4v) is 0.498. The van der Waals surface area contributed by atoms with Gasteiger partial charge in [0.25, 0.3) is 5.78 Å². The standard InChI is InChI=1S/C4H2ClNO2/c5-4-3(7)1-2-6(4)8/h1-2H. The zero-order valence-electron chi connectivity index (χ0n) is 3.80. The highest BCUT2D eigenvalue weighted by atomic mass is 35.5. The first-order valence-corrected chi connectivity index (χ1v) is 2.31. The summed E-state index contributed by atoms with van der Waals surface area (Å²) in [5, 5.41) is 9.94. The summed E-state index contributed by atoms with van der Waals surface area (Å²) < 4.78 is 0.323. The van der Waals surface area contributed by atoms with Crippen LogP contribution in [0.1, 0.15) is 0 Å². The van der Waals surface area contributed by atoms with Crippen molar-refractivity contribution in [3.05, 3.63) is 17.5 Å². The second-order valence-corrected chi connectivity index (χ2v) is 1.65. The van der Waals surface area contributed by atoms with Gasteiger partial charge < -0.3 is 5.21 Å². The first-order chi connectivity index (χ1) is 3.72. The number of carbonyl (C=O) groups is 1. The summed E-state index contributed by atoms with van der Waals surface area (Å²) in [6.07, 6.45) is 2.19. The van der Waals surface area contributed by atoms with Gasteiger partial charge in [0.1, 0.15) is 0 Å². The van der Waals surface area contributed by atoms with Gasteiger partial charge >= 0.3 is 5.17 Å². The molecule has 0 atom stereocenters. The van der Waals surface area contributed by atoms with Crippen LogP contribution in [-0.4, -0.2) is 15.7 Å². The van der Waals surface area contributed by atoms with Crippen molar-refractivity contribution in [2.24, 2.45) is 0 Å². The van der Waals surface area contributed by atoms with Gasteiger partial charge in [-0.05, 0) is 11.6 Å². The Balaban J connectivity index is 3.02.